The summed E-state index contributed by atoms with van der Waals surface area (Å²) in [5.74, 6) is 0.349. The average Bonchev–Trinajstić information content (AvgIpc) is 3.04. The quantitative estimate of drug-likeness (QED) is 0.742. The maximum atomic E-state index is 12.2. The number of hydrogen-bond donors (Lipinski definition) is 2. The fourth-order valence-electron chi connectivity index (χ4n) is 2.38. The molecule has 3 aromatic rings. The Morgan fingerprint density at radius 3 is 2.72 bits per heavy atom. The number of amides is 1. The lowest BCUT2D eigenvalue weighted by molar-refractivity contribution is 0.0936. The van der Waals surface area contributed by atoms with Gasteiger partial charge >= 0.3 is 0 Å². The van der Waals surface area contributed by atoms with Gasteiger partial charge in [0, 0.05) is 5.69 Å². The van der Waals surface area contributed by atoms with E-state index in [0.717, 1.165) is 5.56 Å². The summed E-state index contributed by atoms with van der Waals surface area (Å²) < 4.78 is 5.24. The number of pyridine rings is 1. The number of benzene rings is 1. The summed E-state index contributed by atoms with van der Waals surface area (Å²) in [6.07, 6.45) is 0.520. The van der Waals surface area contributed by atoms with Crippen molar-refractivity contribution in [1.82, 2.24) is 20.4 Å². The summed E-state index contributed by atoms with van der Waals surface area (Å²) in [6, 6.07) is 12.4. The van der Waals surface area contributed by atoms with Crippen LogP contribution in [-0.2, 0) is 6.42 Å². The molecule has 2 heterocycles. The van der Waals surface area contributed by atoms with E-state index in [0.29, 0.717) is 23.8 Å². The first kappa shape index (κ1) is 16.6. The minimum absolute atomic E-state index is 0.0467. The molecule has 0 aliphatic rings. The molecule has 0 aliphatic carbocycles. The zero-order valence-electron chi connectivity index (χ0n) is 13.9. The van der Waals surface area contributed by atoms with Crippen LogP contribution in [0.5, 0.6) is 0 Å². The van der Waals surface area contributed by atoms with Gasteiger partial charge in [-0.05, 0) is 31.5 Å². The molecule has 0 fully saturated rings. The van der Waals surface area contributed by atoms with Crippen LogP contribution in [-0.4, -0.2) is 21.0 Å². The summed E-state index contributed by atoms with van der Waals surface area (Å²) >= 11 is 0. The van der Waals surface area contributed by atoms with Crippen molar-refractivity contribution in [1.29, 1.82) is 0 Å². The summed E-state index contributed by atoms with van der Waals surface area (Å²) in [6.45, 7) is 3.48. The lowest BCUT2D eigenvalue weighted by Crippen LogP contribution is -2.32. The van der Waals surface area contributed by atoms with Crippen LogP contribution in [0.15, 0.2) is 51.8 Å². The fraction of sp³-hybridized carbons (Fsp3) is 0.222. The van der Waals surface area contributed by atoms with E-state index < -0.39 is 17.5 Å². The van der Waals surface area contributed by atoms with Gasteiger partial charge in [-0.1, -0.05) is 35.5 Å². The van der Waals surface area contributed by atoms with Crippen LogP contribution >= 0.6 is 0 Å². The van der Waals surface area contributed by atoms with Crippen LogP contribution in [0.25, 0.3) is 0 Å². The summed E-state index contributed by atoms with van der Waals surface area (Å²) in [5, 5.41) is 6.61. The lowest BCUT2D eigenvalue weighted by Gasteiger charge is -2.09. The zero-order chi connectivity index (χ0) is 17.8. The zero-order valence-corrected chi connectivity index (χ0v) is 13.9. The van der Waals surface area contributed by atoms with Gasteiger partial charge in [-0.3, -0.25) is 9.59 Å². The van der Waals surface area contributed by atoms with Crippen molar-refractivity contribution < 1.29 is 9.32 Å². The predicted octanol–water partition coefficient (Wildman–Crippen LogP) is 2.15. The van der Waals surface area contributed by atoms with Crippen molar-refractivity contribution in [3.63, 3.8) is 0 Å². The van der Waals surface area contributed by atoms with Crippen LogP contribution in [0.2, 0.25) is 0 Å². The highest BCUT2D eigenvalue weighted by molar-refractivity contribution is 5.93. The normalized spacial score (nSPS) is 11.9. The molecule has 128 valence electrons. The number of H-pyrrole nitrogens is 1. The van der Waals surface area contributed by atoms with E-state index in [1.807, 2.05) is 30.3 Å². The molecule has 1 amide bonds. The number of carbonyl (C=O) groups excluding carboxylic acids is 1. The average molecular weight is 338 g/mol. The van der Waals surface area contributed by atoms with E-state index in [9.17, 15) is 9.59 Å². The molecule has 1 aromatic carbocycles. The Labute approximate surface area is 144 Å². The molecule has 7 nitrogen and oxygen atoms in total. The second-order valence-corrected chi connectivity index (χ2v) is 5.79. The van der Waals surface area contributed by atoms with E-state index in [-0.39, 0.29) is 5.56 Å². The van der Waals surface area contributed by atoms with E-state index in [4.69, 9.17) is 4.52 Å². The highest BCUT2D eigenvalue weighted by Gasteiger charge is 2.18. The van der Waals surface area contributed by atoms with Gasteiger partial charge in [0.2, 0.25) is 5.89 Å². The van der Waals surface area contributed by atoms with Gasteiger partial charge in [-0.2, -0.15) is 4.98 Å². The fourth-order valence-corrected chi connectivity index (χ4v) is 2.38. The van der Waals surface area contributed by atoms with Crippen molar-refractivity contribution >= 4 is 5.91 Å². The third kappa shape index (κ3) is 4.00. The standard InChI is InChI=1S/C18H18N4O3/c1-11-8-9-14(17(23)19-11)18(24)20-12(2)16-21-15(25-22-16)10-13-6-4-3-5-7-13/h3-9,12H,10H2,1-2H3,(H,19,23)(H,20,24)/t12-/m0/s1. The Morgan fingerprint density at radius 2 is 2.00 bits per heavy atom. The van der Waals surface area contributed by atoms with Crippen molar-refractivity contribution in [2.24, 2.45) is 0 Å². The second kappa shape index (κ2) is 7.12. The molecule has 3 rings (SSSR count). The number of hydrogen-bond acceptors (Lipinski definition) is 5. The monoisotopic (exact) mass is 338 g/mol. The van der Waals surface area contributed by atoms with Crippen molar-refractivity contribution in [2.75, 3.05) is 0 Å². The Kier molecular flexibility index (Phi) is 4.74. The first-order valence-corrected chi connectivity index (χ1v) is 7.90. The Balaban J connectivity index is 1.68. The molecule has 2 N–H and O–H groups in total. The minimum atomic E-state index is -0.485. The first-order chi connectivity index (χ1) is 12.0. The smallest absolute Gasteiger partial charge is 0.260 e. The molecule has 25 heavy (non-hydrogen) atoms. The van der Waals surface area contributed by atoms with Crippen LogP contribution in [0, 0.1) is 6.92 Å². The molecule has 2 aromatic heterocycles. The number of aryl methyl sites for hydroxylation is 1. The maximum Gasteiger partial charge on any atom is 0.260 e. The molecular weight excluding hydrogens is 320 g/mol. The summed E-state index contributed by atoms with van der Waals surface area (Å²) in [4.78, 5) is 31.0. The van der Waals surface area contributed by atoms with Crippen LogP contribution in [0.1, 0.15) is 46.3 Å². The van der Waals surface area contributed by atoms with E-state index in [1.165, 1.54) is 6.07 Å². The molecule has 0 bridgehead atoms. The molecule has 0 saturated heterocycles. The molecule has 0 radical (unpaired) electrons. The summed E-state index contributed by atoms with van der Waals surface area (Å²) in [5.41, 5.74) is 1.37. The van der Waals surface area contributed by atoms with E-state index in [1.54, 1.807) is 19.9 Å². The Hall–Kier alpha value is -3.22. The van der Waals surface area contributed by atoms with Gasteiger partial charge in [0.15, 0.2) is 5.82 Å². The SMILES string of the molecule is Cc1ccc(C(=O)N[C@@H](C)c2noc(Cc3ccccc3)n2)c(=O)[nH]1. The second-order valence-electron chi connectivity index (χ2n) is 5.79. The molecular formula is C18H18N4O3. The largest absolute Gasteiger partial charge is 0.342 e. The molecule has 0 spiro atoms. The molecule has 7 heteroatoms. The number of rotatable bonds is 5. The van der Waals surface area contributed by atoms with Gasteiger partial charge in [0.25, 0.3) is 11.5 Å². The van der Waals surface area contributed by atoms with Crippen LogP contribution in [0.3, 0.4) is 0 Å². The predicted molar refractivity (Wildman–Crippen MR) is 91.2 cm³/mol. The molecule has 0 aliphatic heterocycles. The topological polar surface area (TPSA) is 101 Å². The molecule has 0 unspecified atom stereocenters. The van der Waals surface area contributed by atoms with Crippen molar-refractivity contribution in [3.8, 4) is 0 Å². The van der Waals surface area contributed by atoms with Gasteiger partial charge < -0.3 is 14.8 Å². The van der Waals surface area contributed by atoms with E-state index in [2.05, 4.69) is 20.4 Å². The third-order valence-corrected chi connectivity index (χ3v) is 3.72. The van der Waals surface area contributed by atoms with Gasteiger partial charge in [-0.15, -0.1) is 0 Å². The highest BCUT2D eigenvalue weighted by atomic mass is 16.5. The Bertz CT molecular complexity index is 931. The highest BCUT2D eigenvalue weighted by Crippen LogP contribution is 2.12. The van der Waals surface area contributed by atoms with Crippen molar-refractivity contribution in [2.45, 2.75) is 26.3 Å². The number of aromatic nitrogens is 3. The maximum absolute atomic E-state index is 12.2. The lowest BCUT2D eigenvalue weighted by atomic mass is 10.1. The number of carbonyl (C=O) groups is 1. The van der Waals surface area contributed by atoms with Crippen LogP contribution in [0.4, 0.5) is 0 Å². The number of aromatic amines is 1. The number of nitrogens with one attached hydrogen (secondary N) is 2. The summed E-state index contributed by atoms with van der Waals surface area (Å²) in [7, 11) is 0. The van der Waals surface area contributed by atoms with Gasteiger partial charge in [0.05, 0.1) is 12.5 Å². The third-order valence-electron chi connectivity index (χ3n) is 3.72. The minimum Gasteiger partial charge on any atom is -0.342 e. The molecule has 0 saturated carbocycles. The van der Waals surface area contributed by atoms with E-state index >= 15 is 0 Å². The van der Waals surface area contributed by atoms with Crippen molar-refractivity contribution in [3.05, 3.63) is 81.4 Å². The number of nitrogens with zero attached hydrogens (tertiary/aromatic N) is 2. The van der Waals surface area contributed by atoms with Gasteiger partial charge in [-0.25, -0.2) is 0 Å². The van der Waals surface area contributed by atoms with Crippen LogP contribution < -0.4 is 10.9 Å². The van der Waals surface area contributed by atoms with Gasteiger partial charge in [0.1, 0.15) is 5.56 Å². The molecule has 1 atom stereocenters. The first-order valence-electron chi connectivity index (χ1n) is 7.90. The Morgan fingerprint density at radius 1 is 1.24 bits per heavy atom.